The number of nitrogens with one attached hydrogen (secondary N) is 2. The van der Waals surface area contributed by atoms with Gasteiger partial charge in [-0.25, -0.2) is 19.4 Å². The van der Waals surface area contributed by atoms with Crippen LogP contribution in [0.2, 0.25) is 0 Å². The predicted octanol–water partition coefficient (Wildman–Crippen LogP) is 4.73. The highest BCUT2D eigenvalue weighted by Gasteiger charge is 2.09. The first kappa shape index (κ1) is 22.6. The summed E-state index contributed by atoms with van der Waals surface area (Å²) < 4.78 is 18.0. The highest BCUT2D eigenvalue weighted by molar-refractivity contribution is 6.00. The second kappa shape index (κ2) is 9.90. The summed E-state index contributed by atoms with van der Waals surface area (Å²) in [6.07, 6.45) is 1.43. The van der Waals surface area contributed by atoms with Crippen molar-refractivity contribution < 1.29 is 19.0 Å². The van der Waals surface area contributed by atoms with E-state index in [0.717, 1.165) is 11.4 Å². The van der Waals surface area contributed by atoms with Crippen LogP contribution in [0.25, 0.3) is 5.82 Å². The van der Waals surface area contributed by atoms with Crippen LogP contribution in [0.4, 0.5) is 16.2 Å². The van der Waals surface area contributed by atoms with Crippen molar-refractivity contribution in [2.75, 3.05) is 24.9 Å². The Morgan fingerprint density at radius 3 is 2.12 bits per heavy atom. The number of carbonyl (C=O) groups is 1. The molecule has 0 saturated carbocycles. The van der Waals surface area contributed by atoms with Crippen molar-refractivity contribution in [2.24, 2.45) is 0 Å². The third-order valence-corrected chi connectivity index (χ3v) is 4.80. The van der Waals surface area contributed by atoms with Crippen LogP contribution in [0.1, 0.15) is 11.4 Å². The Hall–Kier alpha value is -4.60. The Labute approximate surface area is 196 Å². The molecule has 0 saturated heterocycles. The number of hydrogen-bond acceptors (Lipinski definition) is 7. The number of amides is 2. The molecule has 34 heavy (non-hydrogen) atoms. The summed E-state index contributed by atoms with van der Waals surface area (Å²) in [4.78, 5) is 20.8. The Morgan fingerprint density at radius 1 is 0.824 bits per heavy atom. The maximum atomic E-state index is 12.4. The molecule has 2 heterocycles. The van der Waals surface area contributed by atoms with Crippen molar-refractivity contribution in [3.8, 4) is 28.9 Å². The summed E-state index contributed by atoms with van der Waals surface area (Å²) in [6, 6.07) is 15.3. The molecule has 0 atom stereocenters. The minimum absolute atomic E-state index is 0.378. The molecule has 4 aromatic rings. The van der Waals surface area contributed by atoms with Gasteiger partial charge >= 0.3 is 6.03 Å². The van der Waals surface area contributed by atoms with Crippen LogP contribution in [-0.2, 0) is 0 Å². The van der Waals surface area contributed by atoms with Gasteiger partial charge in [-0.2, -0.15) is 5.10 Å². The Bertz CT molecular complexity index is 1280. The number of ether oxygens (including phenoxy) is 3. The van der Waals surface area contributed by atoms with Crippen LogP contribution in [0.3, 0.4) is 0 Å². The molecule has 0 unspecified atom stereocenters. The minimum Gasteiger partial charge on any atom is -0.497 e. The van der Waals surface area contributed by atoms with E-state index in [0.29, 0.717) is 40.3 Å². The fraction of sp³-hybridized carbons (Fsp3) is 0.167. The third-order valence-electron chi connectivity index (χ3n) is 4.80. The molecule has 0 aliphatic heterocycles. The largest absolute Gasteiger partial charge is 0.497 e. The van der Waals surface area contributed by atoms with E-state index in [2.05, 4.69) is 25.7 Å². The predicted molar refractivity (Wildman–Crippen MR) is 127 cm³/mol. The molecule has 4 rings (SSSR count). The van der Waals surface area contributed by atoms with Crippen LogP contribution in [0, 0.1) is 13.8 Å². The minimum atomic E-state index is -0.408. The topological polar surface area (TPSA) is 112 Å². The van der Waals surface area contributed by atoms with Gasteiger partial charge in [0, 0.05) is 41.3 Å². The van der Waals surface area contributed by atoms with Crippen LogP contribution in [-0.4, -0.2) is 40.0 Å². The first-order valence-corrected chi connectivity index (χ1v) is 10.4. The number of rotatable bonds is 7. The standard InChI is InChI=1S/C24H24N6O4/c1-15-9-16(2)30(29-15)22-13-23(26-14-25-22)34-19-7-5-17(6-8-19)27-24(31)28-18-10-20(32-3)12-21(11-18)33-4/h5-14H,1-4H3,(H2,27,28,31). The molecule has 10 heteroatoms. The lowest BCUT2D eigenvalue weighted by molar-refractivity contribution is 0.262. The highest BCUT2D eigenvalue weighted by atomic mass is 16.5. The molecule has 2 aromatic heterocycles. The SMILES string of the molecule is COc1cc(NC(=O)Nc2ccc(Oc3cc(-n4nc(C)cc4C)ncn3)cc2)cc(OC)c1. The van der Waals surface area contributed by atoms with Gasteiger partial charge in [-0.15, -0.1) is 0 Å². The quantitative estimate of drug-likeness (QED) is 0.410. The monoisotopic (exact) mass is 460 g/mol. The van der Waals surface area contributed by atoms with Crippen LogP contribution >= 0.6 is 0 Å². The lowest BCUT2D eigenvalue weighted by Gasteiger charge is -2.11. The average molecular weight is 460 g/mol. The first-order valence-electron chi connectivity index (χ1n) is 10.4. The molecule has 0 bridgehead atoms. The average Bonchev–Trinajstić information content (AvgIpc) is 3.18. The smallest absolute Gasteiger partial charge is 0.323 e. The second-order valence-corrected chi connectivity index (χ2v) is 7.36. The summed E-state index contributed by atoms with van der Waals surface area (Å²) >= 11 is 0. The molecule has 0 radical (unpaired) electrons. The van der Waals surface area contributed by atoms with Crippen LogP contribution in [0.5, 0.6) is 23.1 Å². The van der Waals surface area contributed by atoms with Gasteiger partial charge in [-0.1, -0.05) is 0 Å². The van der Waals surface area contributed by atoms with Crippen molar-refractivity contribution in [3.05, 3.63) is 72.3 Å². The number of aromatic nitrogens is 4. The van der Waals surface area contributed by atoms with E-state index >= 15 is 0 Å². The summed E-state index contributed by atoms with van der Waals surface area (Å²) in [5.41, 5.74) is 2.99. The van der Waals surface area contributed by atoms with E-state index in [1.165, 1.54) is 6.33 Å². The number of anilines is 2. The fourth-order valence-corrected chi connectivity index (χ4v) is 3.26. The number of methoxy groups -OCH3 is 2. The molecule has 10 nitrogen and oxygen atoms in total. The van der Waals surface area contributed by atoms with Gasteiger partial charge in [-0.05, 0) is 44.2 Å². The zero-order valence-electron chi connectivity index (χ0n) is 19.2. The second-order valence-electron chi connectivity index (χ2n) is 7.36. The number of benzene rings is 2. The summed E-state index contributed by atoms with van der Waals surface area (Å²) in [5, 5.41) is 9.95. The maximum Gasteiger partial charge on any atom is 0.323 e. The molecule has 0 aliphatic carbocycles. The molecule has 0 aliphatic rings. The van der Waals surface area contributed by atoms with Crippen molar-refractivity contribution >= 4 is 17.4 Å². The van der Waals surface area contributed by atoms with Crippen LogP contribution in [0.15, 0.2) is 60.9 Å². The van der Waals surface area contributed by atoms with Gasteiger partial charge in [0.2, 0.25) is 5.88 Å². The van der Waals surface area contributed by atoms with E-state index in [1.54, 1.807) is 67.4 Å². The summed E-state index contributed by atoms with van der Waals surface area (Å²) in [6.45, 7) is 3.88. The number of aryl methyl sites for hydroxylation is 2. The summed E-state index contributed by atoms with van der Waals surface area (Å²) in [5.74, 6) is 2.69. The lowest BCUT2D eigenvalue weighted by atomic mass is 10.2. The van der Waals surface area contributed by atoms with E-state index in [4.69, 9.17) is 14.2 Å². The fourth-order valence-electron chi connectivity index (χ4n) is 3.26. The van der Waals surface area contributed by atoms with Crippen molar-refractivity contribution in [3.63, 3.8) is 0 Å². The normalized spacial score (nSPS) is 10.5. The molecular weight excluding hydrogens is 436 g/mol. The molecule has 174 valence electrons. The van der Waals surface area contributed by atoms with Gasteiger partial charge in [0.05, 0.1) is 19.9 Å². The Balaban J connectivity index is 1.40. The van der Waals surface area contributed by atoms with Crippen molar-refractivity contribution in [1.29, 1.82) is 0 Å². The van der Waals surface area contributed by atoms with Gasteiger partial charge in [-0.3, -0.25) is 0 Å². The number of urea groups is 1. The number of hydrogen-bond donors (Lipinski definition) is 2. The zero-order chi connectivity index (χ0) is 24.1. The van der Waals surface area contributed by atoms with E-state index in [9.17, 15) is 4.79 Å². The Kier molecular flexibility index (Phi) is 6.58. The molecule has 0 spiro atoms. The first-order chi connectivity index (χ1) is 16.4. The maximum absolute atomic E-state index is 12.4. The number of carbonyl (C=O) groups excluding carboxylic acids is 1. The molecule has 0 fully saturated rings. The molecule has 2 amide bonds. The van der Waals surface area contributed by atoms with Gasteiger partial charge < -0.3 is 24.8 Å². The third kappa shape index (κ3) is 5.41. The lowest BCUT2D eigenvalue weighted by Crippen LogP contribution is -2.19. The van der Waals surface area contributed by atoms with Gasteiger partial charge in [0.25, 0.3) is 0 Å². The van der Waals surface area contributed by atoms with E-state index in [1.807, 2.05) is 19.9 Å². The van der Waals surface area contributed by atoms with Crippen molar-refractivity contribution in [2.45, 2.75) is 13.8 Å². The molecule has 2 N–H and O–H groups in total. The molecule has 2 aromatic carbocycles. The molecular formula is C24H24N6O4. The number of nitrogens with zero attached hydrogens (tertiary/aromatic N) is 4. The van der Waals surface area contributed by atoms with E-state index < -0.39 is 6.03 Å². The zero-order valence-corrected chi connectivity index (χ0v) is 19.2. The van der Waals surface area contributed by atoms with Crippen LogP contribution < -0.4 is 24.8 Å². The van der Waals surface area contributed by atoms with Crippen molar-refractivity contribution in [1.82, 2.24) is 19.7 Å². The summed E-state index contributed by atoms with van der Waals surface area (Å²) in [7, 11) is 3.09. The highest BCUT2D eigenvalue weighted by Crippen LogP contribution is 2.26. The van der Waals surface area contributed by atoms with Gasteiger partial charge in [0.1, 0.15) is 23.6 Å². The van der Waals surface area contributed by atoms with Gasteiger partial charge in [0.15, 0.2) is 5.82 Å². The van der Waals surface area contributed by atoms with E-state index in [-0.39, 0.29) is 0 Å². The Morgan fingerprint density at radius 2 is 1.50 bits per heavy atom.